The lowest BCUT2D eigenvalue weighted by molar-refractivity contribution is 0.193. The van der Waals surface area contributed by atoms with Crippen molar-refractivity contribution in [1.82, 2.24) is 20.2 Å². The zero-order valence-electron chi connectivity index (χ0n) is 12.8. The van der Waals surface area contributed by atoms with Crippen molar-refractivity contribution in [2.24, 2.45) is 0 Å². The number of fused-ring (bicyclic) bond motifs is 1. The fourth-order valence-electron chi connectivity index (χ4n) is 3.30. The highest BCUT2D eigenvalue weighted by molar-refractivity contribution is 5.92. The first-order valence-electron chi connectivity index (χ1n) is 8.28. The van der Waals surface area contributed by atoms with Gasteiger partial charge in [-0.15, -0.1) is 0 Å². The van der Waals surface area contributed by atoms with Crippen LogP contribution in [0.15, 0.2) is 30.3 Å². The standard InChI is InChI=1S/C18H18N4O/c1-2-4-15-13(3-1)14(9-16(19-15)11-5-6-11)18-20-17(21-22-18)12-7-8-23-10-12/h1-4,9,11-12H,5-8,10H2,(H,20,21,22). The highest BCUT2D eigenvalue weighted by atomic mass is 16.5. The van der Waals surface area contributed by atoms with E-state index in [0.29, 0.717) is 11.8 Å². The number of nitrogens with zero attached hydrogens (tertiary/aromatic N) is 3. The second-order valence-electron chi connectivity index (χ2n) is 6.49. The third kappa shape index (κ3) is 2.32. The monoisotopic (exact) mass is 306 g/mol. The van der Waals surface area contributed by atoms with Gasteiger partial charge in [0.2, 0.25) is 0 Å². The normalized spacial score (nSPS) is 21.1. The number of aromatic nitrogens is 4. The van der Waals surface area contributed by atoms with Crippen molar-refractivity contribution >= 4 is 10.9 Å². The minimum atomic E-state index is 0.340. The zero-order chi connectivity index (χ0) is 15.2. The highest BCUT2D eigenvalue weighted by Gasteiger charge is 2.27. The van der Waals surface area contributed by atoms with Gasteiger partial charge in [-0.3, -0.25) is 10.1 Å². The van der Waals surface area contributed by atoms with Gasteiger partial charge < -0.3 is 4.74 Å². The third-order valence-corrected chi connectivity index (χ3v) is 4.79. The molecular formula is C18H18N4O. The van der Waals surface area contributed by atoms with E-state index in [1.807, 2.05) is 12.1 Å². The van der Waals surface area contributed by atoms with Crippen molar-refractivity contribution in [3.63, 3.8) is 0 Å². The largest absolute Gasteiger partial charge is 0.381 e. The molecule has 0 amide bonds. The van der Waals surface area contributed by atoms with Crippen molar-refractivity contribution < 1.29 is 4.74 Å². The molecule has 2 aromatic heterocycles. The number of H-pyrrole nitrogens is 1. The fourth-order valence-corrected chi connectivity index (χ4v) is 3.30. The van der Waals surface area contributed by atoms with Gasteiger partial charge >= 0.3 is 0 Å². The van der Waals surface area contributed by atoms with Crippen LogP contribution in [-0.2, 0) is 4.74 Å². The Hall–Kier alpha value is -2.27. The lowest BCUT2D eigenvalue weighted by Crippen LogP contribution is -1.99. The number of hydrogen-bond acceptors (Lipinski definition) is 4. The number of nitrogens with one attached hydrogen (secondary N) is 1. The van der Waals surface area contributed by atoms with E-state index in [9.17, 15) is 0 Å². The molecule has 3 heterocycles. The van der Waals surface area contributed by atoms with Crippen LogP contribution < -0.4 is 0 Å². The van der Waals surface area contributed by atoms with Crippen LogP contribution in [-0.4, -0.2) is 33.4 Å². The van der Waals surface area contributed by atoms with Gasteiger partial charge in [0.05, 0.1) is 12.1 Å². The number of benzene rings is 1. The summed E-state index contributed by atoms with van der Waals surface area (Å²) in [6, 6.07) is 10.4. The third-order valence-electron chi connectivity index (χ3n) is 4.79. The average molecular weight is 306 g/mol. The second-order valence-corrected chi connectivity index (χ2v) is 6.49. The zero-order valence-corrected chi connectivity index (χ0v) is 12.8. The smallest absolute Gasteiger partial charge is 0.181 e. The van der Waals surface area contributed by atoms with Crippen molar-refractivity contribution in [2.45, 2.75) is 31.1 Å². The Labute approximate surface area is 134 Å². The first-order valence-corrected chi connectivity index (χ1v) is 8.28. The number of para-hydroxylation sites is 1. The summed E-state index contributed by atoms with van der Waals surface area (Å²) in [5.41, 5.74) is 3.29. The SMILES string of the molecule is c1ccc2c(-c3n[nH]c(C4CCOC4)n3)cc(C3CC3)nc2c1. The van der Waals surface area contributed by atoms with Crippen LogP contribution in [0.2, 0.25) is 0 Å². The van der Waals surface area contributed by atoms with Gasteiger partial charge in [-0.1, -0.05) is 18.2 Å². The molecule has 0 bridgehead atoms. The van der Waals surface area contributed by atoms with Crippen LogP contribution in [0.25, 0.3) is 22.3 Å². The minimum Gasteiger partial charge on any atom is -0.381 e. The molecule has 2 aliphatic rings. The number of hydrogen-bond donors (Lipinski definition) is 1. The van der Waals surface area contributed by atoms with Crippen LogP contribution in [0.3, 0.4) is 0 Å². The Morgan fingerprint density at radius 3 is 2.78 bits per heavy atom. The van der Waals surface area contributed by atoms with E-state index < -0.39 is 0 Å². The molecule has 5 rings (SSSR count). The quantitative estimate of drug-likeness (QED) is 0.805. The second kappa shape index (κ2) is 5.13. The molecule has 3 aromatic rings. The maximum absolute atomic E-state index is 5.46. The number of ether oxygens (including phenoxy) is 1. The minimum absolute atomic E-state index is 0.340. The molecule has 1 atom stereocenters. The Bertz CT molecular complexity index is 862. The van der Waals surface area contributed by atoms with Gasteiger partial charge in [-0.05, 0) is 31.4 Å². The molecule has 0 radical (unpaired) electrons. The lowest BCUT2D eigenvalue weighted by Gasteiger charge is -2.06. The van der Waals surface area contributed by atoms with Crippen molar-refractivity contribution in [3.05, 3.63) is 41.9 Å². The first kappa shape index (κ1) is 13.2. The van der Waals surface area contributed by atoms with Gasteiger partial charge in [0.25, 0.3) is 0 Å². The van der Waals surface area contributed by atoms with Crippen LogP contribution in [0.4, 0.5) is 0 Å². The van der Waals surface area contributed by atoms with E-state index >= 15 is 0 Å². The number of aromatic amines is 1. The summed E-state index contributed by atoms with van der Waals surface area (Å²) in [6.07, 6.45) is 3.49. The van der Waals surface area contributed by atoms with Gasteiger partial charge in [0.15, 0.2) is 5.82 Å². The van der Waals surface area contributed by atoms with Crippen molar-refractivity contribution in [2.75, 3.05) is 13.2 Å². The van der Waals surface area contributed by atoms with Gasteiger partial charge in [0.1, 0.15) is 5.82 Å². The lowest BCUT2D eigenvalue weighted by atomic mass is 10.1. The maximum Gasteiger partial charge on any atom is 0.181 e. The molecule has 1 aliphatic heterocycles. The summed E-state index contributed by atoms with van der Waals surface area (Å²) >= 11 is 0. The number of rotatable bonds is 3. The maximum atomic E-state index is 5.46. The first-order chi connectivity index (χ1) is 11.4. The number of pyridine rings is 1. The average Bonchev–Trinajstić information content (AvgIpc) is 3.10. The van der Waals surface area contributed by atoms with E-state index in [4.69, 9.17) is 14.7 Å². The highest BCUT2D eigenvalue weighted by Crippen LogP contribution is 2.41. The molecule has 1 N–H and O–H groups in total. The van der Waals surface area contributed by atoms with Crippen LogP contribution in [0.5, 0.6) is 0 Å². The van der Waals surface area contributed by atoms with E-state index in [2.05, 4.69) is 28.4 Å². The molecule has 1 aliphatic carbocycles. The summed E-state index contributed by atoms with van der Waals surface area (Å²) < 4.78 is 5.46. The Morgan fingerprint density at radius 1 is 1.04 bits per heavy atom. The van der Waals surface area contributed by atoms with Gasteiger partial charge in [-0.25, -0.2) is 4.98 Å². The molecule has 0 spiro atoms. The molecule has 2 fully saturated rings. The molecule has 1 aromatic carbocycles. The molecule has 1 unspecified atom stereocenters. The topological polar surface area (TPSA) is 63.7 Å². The predicted octanol–water partition coefficient (Wildman–Crippen LogP) is 3.40. The molecule has 23 heavy (non-hydrogen) atoms. The van der Waals surface area contributed by atoms with E-state index in [-0.39, 0.29) is 0 Å². The van der Waals surface area contributed by atoms with Crippen LogP contribution >= 0.6 is 0 Å². The van der Waals surface area contributed by atoms with Crippen molar-refractivity contribution in [1.29, 1.82) is 0 Å². The molecule has 116 valence electrons. The van der Waals surface area contributed by atoms with Crippen molar-refractivity contribution in [3.8, 4) is 11.4 Å². The fraction of sp³-hybridized carbons (Fsp3) is 0.389. The summed E-state index contributed by atoms with van der Waals surface area (Å²) in [4.78, 5) is 9.58. The van der Waals surface area contributed by atoms with E-state index in [1.54, 1.807) is 0 Å². The molecule has 5 heteroatoms. The van der Waals surface area contributed by atoms with Crippen LogP contribution in [0, 0.1) is 0 Å². The summed E-state index contributed by atoms with van der Waals surface area (Å²) in [7, 11) is 0. The summed E-state index contributed by atoms with van der Waals surface area (Å²) in [5.74, 6) is 2.66. The molecule has 1 saturated carbocycles. The molecule has 1 saturated heterocycles. The van der Waals surface area contributed by atoms with Gasteiger partial charge in [-0.2, -0.15) is 5.10 Å². The Kier molecular flexibility index (Phi) is 2.94. The predicted molar refractivity (Wildman–Crippen MR) is 87.3 cm³/mol. The van der Waals surface area contributed by atoms with Gasteiger partial charge in [0, 0.05) is 35.1 Å². The Morgan fingerprint density at radius 2 is 1.96 bits per heavy atom. The Balaban J connectivity index is 1.63. The van der Waals surface area contributed by atoms with E-state index in [0.717, 1.165) is 47.7 Å². The molecular weight excluding hydrogens is 288 g/mol. The summed E-state index contributed by atoms with van der Waals surface area (Å²) in [5, 5.41) is 8.71. The summed E-state index contributed by atoms with van der Waals surface area (Å²) in [6.45, 7) is 1.55. The van der Waals surface area contributed by atoms with Crippen LogP contribution in [0.1, 0.15) is 42.6 Å². The van der Waals surface area contributed by atoms with E-state index in [1.165, 1.54) is 18.5 Å². The molecule has 5 nitrogen and oxygen atoms in total.